The highest BCUT2D eigenvalue weighted by atomic mass is 16.2. The number of carbonyl (C=O) groups excluding carboxylic acids is 2. The number of amides is 2. The third kappa shape index (κ3) is 4.42. The van der Waals surface area contributed by atoms with Crippen LogP contribution in [0.25, 0.3) is 0 Å². The van der Waals surface area contributed by atoms with Crippen LogP contribution in [0.3, 0.4) is 0 Å². The Morgan fingerprint density at radius 3 is 2.57 bits per heavy atom. The van der Waals surface area contributed by atoms with Crippen molar-refractivity contribution in [2.75, 3.05) is 32.0 Å². The molecule has 5 heteroatoms. The first kappa shape index (κ1) is 20.1. The molecule has 1 aliphatic carbocycles. The molecule has 0 bridgehead atoms. The minimum Gasteiger partial charge on any atom is -0.339 e. The molecule has 0 unspecified atom stereocenters. The summed E-state index contributed by atoms with van der Waals surface area (Å²) in [5, 5.41) is 2.94. The van der Waals surface area contributed by atoms with Gasteiger partial charge in [-0.2, -0.15) is 0 Å². The van der Waals surface area contributed by atoms with Gasteiger partial charge in [0, 0.05) is 30.4 Å². The lowest BCUT2D eigenvalue weighted by Crippen LogP contribution is -2.33. The van der Waals surface area contributed by atoms with Crippen molar-refractivity contribution in [3.8, 4) is 0 Å². The molecule has 0 spiro atoms. The standard InChI is InChI=1S/C23H29N3O2/c1-4-26(5-2)23(28)18-10-8-11-19(15-18)24-22(27)16-25(3)21-14-13-17-9-6-7-12-20(17)21/h6-12,15,21H,4-5,13-14,16H2,1-3H3,(H,24,27)/t21-/m0/s1. The van der Waals surface area contributed by atoms with Gasteiger partial charge in [0.15, 0.2) is 0 Å². The van der Waals surface area contributed by atoms with Crippen molar-refractivity contribution in [3.05, 3.63) is 65.2 Å². The van der Waals surface area contributed by atoms with Crippen molar-refractivity contribution in [1.29, 1.82) is 0 Å². The van der Waals surface area contributed by atoms with Crippen molar-refractivity contribution in [2.24, 2.45) is 0 Å². The zero-order valence-electron chi connectivity index (χ0n) is 16.9. The Kier molecular flexibility index (Phi) is 6.47. The van der Waals surface area contributed by atoms with Gasteiger partial charge in [-0.15, -0.1) is 0 Å². The quantitative estimate of drug-likeness (QED) is 0.798. The van der Waals surface area contributed by atoms with Gasteiger partial charge in [0.2, 0.25) is 5.91 Å². The van der Waals surface area contributed by atoms with Gasteiger partial charge in [-0.05, 0) is 63.1 Å². The van der Waals surface area contributed by atoms with Crippen LogP contribution < -0.4 is 5.32 Å². The van der Waals surface area contributed by atoms with Crippen molar-refractivity contribution in [3.63, 3.8) is 0 Å². The van der Waals surface area contributed by atoms with Gasteiger partial charge in [0.25, 0.3) is 5.91 Å². The molecule has 1 atom stereocenters. The number of aryl methyl sites for hydroxylation is 1. The summed E-state index contributed by atoms with van der Waals surface area (Å²) in [6.45, 7) is 5.57. The molecule has 2 aromatic rings. The maximum absolute atomic E-state index is 12.6. The molecule has 0 aromatic heterocycles. The minimum atomic E-state index is -0.0701. The Balaban J connectivity index is 1.62. The van der Waals surface area contributed by atoms with Crippen LogP contribution in [0.4, 0.5) is 5.69 Å². The van der Waals surface area contributed by atoms with Crippen LogP contribution in [-0.4, -0.2) is 48.3 Å². The molecule has 2 amide bonds. The summed E-state index contributed by atoms with van der Waals surface area (Å²) in [7, 11) is 1.99. The summed E-state index contributed by atoms with van der Waals surface area (Å²) < 4.78 is 0. The highest BCUT2D eigenvalue weighted by Gasteiger charge is 2.26. The van der Waals surface area contributed by atoms with Gasteiger partial charge in [-0.1, -0.05) is 30.3 Å². The first-order valence-corrected chi connectivity index (χ1v) is 10.0. The highest BCUT2D eigenvalue weighted by molar-refractivity contribution is 5.97. The summed E-state index contributed by atoms with van der Waals surface area (Å²) >= 11 is 0. The van der Waals surface area contributed by atoms with Crippen LogP contribution in [0, 0.1) is 0 Å². The number of nitrogens with zero attached hydrogens (tertiary/aromatic N) is 2. The van der Waals surface area contributed by atoms with Crippen molar-refractivity contribution < 1.29 is 9.59 Å². The lowest BCUT2D eigenvalue weighted by atomic mass is 10.1. The normalized spacial score (nSPS) is 15.4. The van der Waals surface area contributed by atoms with Gasteiger partial charge in [0.1, 0.15) is 0 Å². The predicted octanol–water partition coefficient (Wildman–Crippen LogP) is 3.73. The number of benzene rings is 2. The van der Waals surface area contributed by atoms with Gasteiger partial charge in [-0.25, -0.2) is 0 Å². The van der Waals surface area contributed by atoms with Crippen LogP contribution in [0.1, 0.15) is 47.8 Å². The second kappa shape index (κ2) is 9.02. The number of hydrogen-bond donors (Lipinski definition) is 1. The zero-order valence-corrected chi connectivity index (χ0v) is 16.9. The van der Waals surface area contributed by atoms with Gasteiger partial charge < -0.3 is 10.2 Å². The third-order valence-corrected chi connectivity index (χ3v) is 5.47. The number of carbonyl (C=O) groups is 2. The van der Waals surface area contributed by atoms with Crippen LogP contribution in [0.15, 0.2) is 48.5 Å². The average Bonchev–Trinajstić information content (AvgIpc) is 3.13. The first-order chi connectivity index (χ1) is 13.5. The summed E-state index contributed by atoms with van der Waals surface area (Å²) in [5.41, 5.74) is 3.95. The number of likely N-dealkylation sites (N-methyl/N-ethyl adjacent to an activating group) is 1. The summed E-state index contributed by atoms with van der Waals surface area (Å²) in [6, 6.07) is 15.9. The van der Waals surface area contributed by atoms with Crippen LogP contribution in [0.2, 0.25) is 0 Å². The molecule has 2 aromatic carbocycles. The number of rotatable bonds is 7. The average molecular weight is 380 g/mol. The van der Waals surface area contributed by atoms with Crippen LogP contribution in [-0.2, 0) is 11.2 Å². The van der Waals surface area contributed by atoms with E-state index in [2.05, 4.69) is 34.5 Å². The maximum Gasteiger partial charge on any atom is 0.253 e. The molecule has 148 valence electrons. The fourth-order valence-corrected chi connectivity index (χ4v) is 3.95. The lowest BCUT2D eigenvalue weighted by molar-refractivity contribution is -0.117. The molecule has 1 N–H and O–H groups in total. The van der Waals surface area contributed by atoms with Gasteiger partial charge in [-0.3, -0.25) is 14.5 Å². The van der Waals surface area contributed by atoms with E-state index in [1.165, 1.54) is 11.1 Å². The molecule has 0 saturated heterocycles. The first-order valence-electron chi connectivity index (χ1n) is 10.0. The molecular formula is C23H29N3O2. The van der Waals surface area contributed by atoms with Gasteiger partial charge in [0.05, 0.1) is 6.54 Å². The Morgan fingerprint density at radius 1 is 1.07 bits per heavy atom. The molecule has 3 rings (SSSR count). The number of anilines is 1. The minimum absolute atomic E-state index is 0.0132. The van der Waals surface area contributed by atoms with E-state index in [1.807, 2.05) is 33.0 Å². The molecule has 28 heavy (non-hydrogen) atoms. The number of hydrogen-bond acceptors (Lipinski definition) is 3. The summed E-state index contributed by atoms with van der Waals surface area (Å²) in [4.78, 5) is 29.0. The number of fused-ring (bicyclic) bond motifs is 1. The Morgan fingerprint density at radius 2 is 1.82 bits per heavy atom. The van der Waals surface area contributed by atoms with Crippen LogP contribution >= 0.6 is 0 Å². The van der Waals surface area contributed by atoms with E-state index in [-0.39, 0.29) is 17.9 Å². The molecule has 5 nitrogen and oxygen atoms in total. The summed E-state index contributed by atoms with van der Waals surface area (Å²) in [5.74, 6) is -0.0832. The maximum atomic E-state index is 12.6. The fourth-order valence-electron chi connectivity index (χ4n) is 3.95. The van der Waals surface area contributed by atoms with Crippen LogP contribution in [0.5, 0.6) is 0 Å². The van der Waals surface area contributed by atoms with Crippen molar-refractivity contribution in [2.45, 2.75) is 32.7 Å². The zero-order chi connectivity index (χ0) is 20.1. The van der Waals surface area contributed by atoms with E-state index in [0.29, 0.717) is 30.9 Å². The van der Waals surface area contributed by atoms with E-state index in [4.69, 9.17) is 0 Å². The second-order valence-corrected chi connectivity index (χ2v) is 7.27. The largest absolute Gasteiger partial charge is 0.339 e. The third-order valence-electron chi connectivity index (χ3n) is 5.47. The van der Waals surface area contributed by atoms with Crippen molar-refractivity contribution in [1.82, 2.24) is 9.80 Å². The Labute approximate surface area is 167 Å². The van der Waals surface area contributed by atoms with E-state index in [9.17, 15) is 9.59 Å². The summed E-state index contributed by atoms with van der Waals surface area (Å²) in [6.07, 6.45) is 2.10. The second-order valence-electron chi connectivity index (χ2n) is 7.27. The highest BCUT2D eigenvalue weighted by Crippen LogP contribution is 2.34. The molecule has 0 aliphatic heterocycles. The Hall–Kier alpha value is -2.66. The lowest BCUT2D eigenvalue weighted by Gasteiger charge is -2.24. The SMILES string of the molecule is CCN(CC)C(=O)c1cccc(NC(=O)CN(C)[C@H]2CCc3ccccc32)c1. The smallest absolute Gasteiger partial charge is 0.253 e. The molecule has 0 heterocycles. The Bertz CT molecular complexity index is 845. The van der Waals surface area contributed by atoms with E-state index < -0.39 is 0 Å². The molecule has 0 saturated carbocycles. The fraction of sp³-hybridized carbons (Fsp3) is 0.391. The molecule has 1 aliphatic rings. The molecular weight excluding hydrogens is 350 g/mol. The topological polar surface area (TPSA) is 52.7 Å². The van der Waals surface area contributed by atoms with E-state index in [1.54, 1.807) is 17.0 Å². The number of nitrogens with one attached hydrogen (secondary N) is 1. The van der Waals surface area contributed by atoms with E-state index >= 15 is 0 Å². The van der Waals surface area contributed by atoms with Gasteiger partial charge >= 0.3 is 0 Å². The predicted molar refractivity (Wildman–Crippen MR) is 112 cm³/mol. The monoisotopic (exact) mass is 379 g/mol. The molecule has 0 radical (unpaired) electrons. The van der Waals surface area contributed by atoms with Crippen molar-refractivity contribution >= 4 is 17.5 Å². The molecule has 0 fully saturated rings. The van der Waals surface area contributed by atoms with E-state index in [0.717, 1.165) is 12.8 Å².